The maximum Gasteiger partial charge on any atom is 0.228 e. The molecule has 1 saturated carbocycles. The number of aromatic nitrogens is 2. The fourth-order valence-electron chi connectivity index (χ4n) is 2.52. The van der Waals surface area contributed by atoms with E-state index in [9.17, 15) is 4.79 Å². The predicted molar refractivity (Wildman–Crippen MR) is 69.3 cm³/mol. The number of hydrogen-bond acceptors (Lipinski definition) is 3. The first-order chi connectivity index (χ1) is 8.60. The first kappa shape index (κ1) is 13.1. The number of nitrogens with one attached hydrogen (secondary N) is 1. The number of nitrogens with zero attached hydrogens (tertiary/aromatic N) is 2. The van der Waals surface area contributed by atoms with Gasteiger partial charge in [-0.15, -0.1) is 0 Å². The molecule has 0 saturated heterocycles. The lowest BCUT2D eigenvalue weighted by Gasteiger charge is -2.26. The van der Waals surface area contributed by atoms with Crippen LogP contribution >= 0.6 is 0 Å². The van der Waals surface area contributed by atoms with Gasteiger partial charge in [0.25, 0.3) is 0 Å². The fraction of sp³-hybridized carbons (Fsp3) is 0.692. The lowest BCUT2D eigenvalue weighted by molar-refractivity contribution is -0.121. The van der Waals surface area contributed by atoms with Gasteiger partial charge in [-0.05, 0) is 32.6 Å². The van der Waals surface area contributed by atoms with Crippen molar-refractivity contribution < 1.29 is 9.53 Å². The molecular weight excluding hydrogens is 230 g/mol. The zero-order valence-electron chi connectivity index (χ0n) is 11.3. The third-order valence-electron chi connectivity index (χ3n) is 3.63. The van der Waals surface area contributed by atoms with E-state index in [2.05, 4.69) is 10.4 Å². The minimum Gasteiger partial charge on any atom is -0.381 e. The number of amides is 1. The van der Waals surface area contributed by atoms with E-state index in [0.717, 1.165) is 37.2 Å². The fourth-order valence-corrected chi connectivity index (χ4v) is 2.52. The summed E-state index contributed by atoms with van der Waals surface area (Å²) in [5.74, 6) is 0.977. The lowest BCUT2D eigenvalue weighted by atomic mass is 9.87. The summed E-state index contributed by atoms with van der Waals surface area (Å²) in [4.78, 5) is 12.1. The summed E-state index contributed by atoms with van der Waals surface area (Å²) in [5.41, 5.74) is 0.913. The average molecular weight is 251 g/mol. The van der Waals surface area contributed by atoms with Crippen LogP contribution in [0.1, 0.15) is 31.4 Å². The van der Waals surface area contributed by atoms with Gasteiger partial charge < -0.3 is 10.1 Å². The van der Waals surface area contributed by atoms with E-state index in [1.807, 2.05) is 20.0 Å². The molecule has 2 rings (SSSR count). The number of ether oxygens (including phenoxy) is 1. The topological polar surface area (TPSA) is 56.1 Å². The Kier molecular flexibility index (Phi) is 4.01. The van der Waals surface area contributed by atoms with Crippen LogP contribution < -0.4 is 5.32 Å². The van der Waals surface area contributed by atoms with Crippen LogP contribution in [0, 0.1) is 12.8 Å². The molecule has 0 atom stereocenters. The molecule has 1 aromatic rings. The Bertz CT molecular complexity index is 420. The van der Waals surface area contributed by atoms with Crippen LogP contribution in [-0.2, 0) is 16.6 Å². The summed E-state index contributed by atoms with van der Waals surface area (Å²) in [6.45, 7) is 1.92. The molecule has 1 amide bonds. The molecule has 0 radical (unpaired) electrons. The van der Waals surface area contributed by atoms with Gasteiger partial charge in [0.05, 0.1) is 11.8 Å². The maximum absolute atomic E-state index is 12.1. The van der Waals surface area contributed by atoms with Gasteiger partial charge in [0.1, 0.15) is 5.82 Å². The van der Waals surface area contributed by atoms with E-state index in [4.69, 9.17) is 4.74 Å². The number of methoxy groups -OCH3 is 1. The van der Waals surface area contributed by atoms with Crippen LogP contribution in [0.15, 0.2) is 6.07 Å². The number of carbonyl (C=O) groups is 1. The van der Waals surface area contributed by atoms with Crippen LogP contribution in [0.25, 0.3) is 0 Å². The van der Waals surface area contributed by atoms with Crippen molar-refractivity contribution in [2.24, 2.45) is 13.0 Å². The number of carbonyl (C=O) groups excluding carboxylic acids is 1. The van der Waals surface area contributed by atoms with Gasteiger partial charge in [0, 0.05) is 26.1 Å². The highest BCUT2D eigenvalue weighted by Crippen LogP contribution is 2.27. The summed E-state index contributed by atoms with van der Waals surface area (Å²) in [7, 11) is 3.58. The Morgan fingerprint density at radius 2 is 2.11 bits per heavy atom. The second-order valence-electron chi connectivity index (χ2n) is 4.99. The van der Waals surface area contributed by atoms with Gasteiger partial charge >= 0.3 is 0 Å². The molecule has 0 aliphatic heterocycles. The lowest BCUT2D eigenvalue weighted by Crippen LogP contribution is -2.30. The molecule has 18 heavy (non-hydrogen) atoms. The monoisotopic (exact) mass is 251 g/mol. The molecule has 1 aliphatic rings. The highest BCUT2D eigenvalue weighted by molar-refractivity contribution is 5.91. The molecule has 1 aromatic heterocycles. The summed E-state index contributed by atoms with van der Waals surface area (Å²) in [6.07, 6.45) is 4.08. The largest absolute Gasteiger partial charge is 0.381 e. The van der Waals surface area contributed by atoms with E-state index < -0.39 is 0 Å². The molecule has 1 aliphatic carbocycles. The number of rotatable bonds is 3. The summed E-state index contributed by atoms with van der Waals surface area (Å²) >= 11 is 0. The van der Waals surface area contributed by atoms with Crippen LogP contribution in [0.2, 0.25) is 0 Å². The van der Waals surface area contributed by atoms with Crippen LogP contribution in [-0.4, -0.2) is 28.9 Å². The number of hydrogen-bond donors (Lipinski definition) is 1. The van der Waals surface area contributed by atoms with E-state index in [1.54, 1.807) is 11.8 Å². The Hall–Kier alpha value is -1.36. The van der Waals surface area contributed by atoms with Crippen molar-refractivity contribution in [2.45, 2.75) is 38.7 Å². The average Bonchev–Trinajstić information content (AvgIpc) is 2.68. The van der Waals surface area contributed by atoms with Gasteiger partial charge in [0.2, 0.25) is 5.91 Å². The Balaban J connectivity index is 1.91. The molecule has 5 heteroatoms. The molecule has 5 nitrogen and oxygen atoms in total. The molecule has 0 unspecified atom stereocenters. The zero-order chi connectivity index (χ0) is 13.1. The Morgan fingerprint density at radius 3 is 2.61 bits per heavy atom. The van der Waals surface area contributed by atoms with Gasteiger partial charge in [-0.25, -0.2) is 0 Å². The maximum atomic E-state index is 12.1. The van der Waals surface area contributed by atoms with Crippen molar-refractivity contribution in [3.8, 4) is 0 Å². The molecule has 1 N–H and O–H groups in total. The Labute approximate surface area is 108 Å². The highest BCUT2D eigenvalue weighted by atomic mass is 16.5. The van der Waals surface area contributed by atoms with Gasteiger partial charge in [-0.2, -0.15) is 5.10 Å². The molecule has 1 heterocycles. The predicted octanol–water partition coefficient (Wildman–Crippen LogP) is 1.87. The summed E-state index contributed by atoms with van der Waals surface area (Å²) < 4.78 is 7.02. The molecule has 0 aromatic carbocycles. The van der Waals surface area contributed by atoms with Gasteiger partial charge in [-0.3, -0.25) is 9.48 Å². The second-order valence-corrected chi connectivity index (χ2v) is 4.99. The number of aryl methyl sites for hydroxylation is 2. The van der Waals surface area contributed by atoms with Crippen molar-refractivity contribution in [3.05, 3.63) is 11.8 Å². The third kappa shape index (κ3) is 2.90. The molecule has 0 spiro atoms. The third-order valence-corrected chi connectivity index (χ3v) is 3.63. The minimum absolute atomic E-state index is 0.103. The zero-order valence-corrected chi connectivity index (χ0v) is 11.3. The smallest absolute Gasteiger partial charge is 0.228 e. The highest BCUT2D eigenvalue weighted by Gasteiger charge is 2.26. The van der Waals surface area contributed by atoms with Crippen molar-refractivity contribution in [2.75, 3.05) is 12.4 Å². The van der Waals surface area contributed by atoms with E-state index in [1.165, 1.54) is 0 Å². The standard InChI is InChI=1S/C13H21N3O2/c1-9-8-12(16(2)15-9)14-13(17)10-4-6-11(18-3)7-5-10/h8,10-11H,4-7H2,1-3H3,(H,14,17). The quantitative estimate of drug-likeness (QED) is 0.892. The van der Waals surface area contributed by atoms with E-state index >= 15 is 0 Å². The molecule has 100 valence electrons. The minimum atomic E-state index is 0.103. The van der Waals surface area contributed by atoms with Gasteiger partial charge in [-0.1, -0.05) is 0 Å². The van der Waals surface area contributed by atoms with E-state index in [0.29, 0.717) is 6.10 Å². The van der Waals surface area contributed by atoms with Crippen molar-refractivity contribution in [1.29, 1.82) is 0 Å². The van der Waals surface area contributed by atoms with Crippen LogP contribution in [0.5, 0.6) is 0 Å². The summed E-state index contributed by atoms with van der Waals surface area (Å²) in [6, 6.07) is 1.89. The normalized spacial score (nSPS) is 23.9. The van der Waals surface area contributed by atoms with Crippen molar-refractivity contribution >= 4 is 11.7 Å². The SMILES string of the molecule is COC1CCC(C(=O)Nc2cc(C)nn2C)CC1. The van der Waals surface area contributed by atoms with E-state index in [-0.39, 0.29) is 11.8 Å². The van der Waals surface area contributed by atoms with Crippen LogP contribution in [0.3, 0.4) is 0 Å². The van der Waals surface area contributed by atoms with Crippen molar-refractivity contribution in [1.82, 2.24) is 9.78 Å². The number of anilines is 1. The second kappa shape index (κ2) is 5.52. The van der Waals surface area contributed by atoms with Crippen LogP contribution in [0.4, 0.5) is 5.82 Å². The molecule has 0 bridgehead atoms. The molecule has 1 fully saturated rings. The first-order valence-electron chi connectivity index (χ1n) is 6.44. The van der Waals surface area contributed by atoms with Gasteiger partial charge in [0.15, 0.2) is 0 Å². The summed E-state index contributed by atoms with van der Waals surface area (Å²) in [5, 5.41) is 7.17. The Morgan fingerprint density at radius 1 is 1.44 bits per heavy atom. The van der Waals surface area contributed by atoms with Crippen molar-refractivity contribution in [3.63, 3.8) is 0 Å². The first-order valence-corrected chi connectivity index (χ1v) is 6.44. The molecular formula is C13H21N3O2.